The minimum atomic E-state index is -1.73. The second kappa shape index (κ2) is 8.39. The number of carbonyl (C=O) groups is 1. The summed E-state index contributed by atoms with van der Waals surface area (Å²) in [7, 11) is 3.38. The summed E-state index contributed by atoms with van der Waals surface area (Å²) in [6.45, 7) is 0.857. The monoisotopic (exact) mass is 418 g/mol. The van der Waals surface area contributed by atoms with Crippen LogP contribution in [0, 0.1) is 45.3 Å². The Kier molecular flexibility index (Phi) is 5.88. The maximum atomic E-state index is 11.1. The van der Waals surface area contributed by atoms with E-state index in [-0.39, 0.29) is 23.8 Å². The number of amides is 1. The van der Waals surface area contributed by atoms with Crippen molar-refractivity contribution < 1.29 is 14.3 Å². The number of carbonyl (C=O) groups excluding carboxylic acids is 1. The zero-order valence-corrected chi connectivity index (χ0v) is 17.3. The van der Waals surface area contributed by atoms with Gasteiger partial charge in [0.15, 0.2) is 23.5 Å². The molecule has 3 rings (SSSR count). The molecule has 2 atom stereocenters. The van der Waals surface area contributed by atoms with E-state index in [1.54, 1.807) is 18.2 Å². The van der Waals surface area contributed by atoms with Gasteiger partial charge in [0.2, 0.25) is 0 Å². The van der Waals surface area contributed by atoms with Gasteiger partial charge in [0, 0.05) is 24.9 Å². The van der Waals surface area contributed by atoms with Crippen LogP contribution in [0.1, 0.15) is 11.5 Å². The van der Waals surface area contributed by atoms with E-state index in [9.17, 15) is 20.6 Å². The highest BCUT2D eigenvalue weighted by molar-refractivity contribution is 5.75. The van der Waals surface area contributed by atoms with Crippen LogP contribution in [0.25, 0.3) is 0 Å². The highest BCUT2D eigenvalue weighted by Crippen LogP contribution is 2.54. The predicted molar refractivity (Wildman–Crippen MR) is 110 cm³/mol. The van der Waals surface area contributed by atoms with Crippen molar-refractivity contribution in [2.45, 2.75) is 5.92 Å². The largest absolute Gasteiger partial charge is 0.493 e. The van der Waals surface area contributed by atoms with E-state index in [1.807, 2.05) is 13.1 Å². The van der Waals surface area contributed by atoms with E-state index in [0.29, 0.717) is 30.2 Å². The molecule has 1 aromatic rings. The van der Waals surface area contributed by atoms with Crippen molar-refractivity contribution in [1.29, 1.82) is 15.8 Å². The lowest BCUT2D eigenvalue weighted by molar-refractivity contribution is -0.119. The Morgan fingerprint density at radius 1 is 1.29 bits per heavy atom. The fourth-order valence-corrected chi connectivity index (χ4v) is 4.35. The molecule has 0 aromatic heterocycles. The van der Waals surface area contributed by atoms with Crippen molar-refractivity contribution in [2.75, 3.05) is 33.9 Å². The van der Waals surface area contributed by atoms with Crippen LogP contribution in [0.5, 0.6) is 11.5 Å². The Balaban J connectivity index is 2.21. The molecule has 1 heterocycles. The molecular weight excluding hydrogens is 396 g/mol. The van der Waals surface area contributed by atoms with Gasteiger partial charge in [0.05, 0.1) is 30.5 Å². The molecule has 1 aliphatic carbocycles. The molecule has 2 unspecified atom stereocenters. The lowest BCUT2D eigenvalue weighted by atomic mass is 9.58. The van der Waals surface area contributed by atoms with Crippen LogP contribution in [0.2, 0.25) is 0 Å². The molecule has 1 aliphatic heterocycles. The van der Waals surface area contributed by atoms with E-state index < -0.39 is 17.2 Å². The topological polar surface area (TPSA) is 162 Å². The number of allylic oxidation sites excluding steroid dienone is 2. The second-order valence-corrected chi connectivity index (χ2v) is 7.56. The highest BCUT2D eigenvalue weighted by atomic mass is 16.5. The van der Waals surface area contributed by atoms with Gasteiger partial charge in [-0.05, 0) is 30.3 Å². The van der Waals surface area contributed by atoms with Gasteiger partial charge in [0.1, 0.15) is 6.07 Å². The molecule has 0 bridgehead atoms. The van der Waals surface area contributed by atoms with Crippen molar-refractivity contribution in [2.24, 2.45) is 22.8 Å². The molecule has 31 heavy (non-hydrogen) atoms. The summed E-state index contributed by atoms with van der Waals surface area (Å²) >= 11 is 0. The van der Waals surface area contributed by atoms with E-state index in [4.69, 9.17) is 20.9 Å². The van der Waals surface area contributed by atoms with Crippen LogP contribution in [-0.2, 0) is 4.79 Å². The summed E-state index contributed by atoms with van der Waals surface area (Å²) in [4.78, 5) is 13.1. The summed E-state index contributed by atoms with van der Waals surface area (Å²) in [5, 5.41) is 29.9. The van der Waals surface area contributed by atoms with Gasteiger partial charge in [-0.25, -0.2) is 0 Å². The quantitative estimate of drug-likeness (QED) is 0.713. The van der Waals surface area contributed by atoms with Crippen molar-refractivity contribution >= 4 is 5.91 Å². The van der Waals surface area contributed by atoms with Gasteiger partial charge in [-0.2, -0.15) is 15.8 Å². The summed E-state index contributed by atoms with van der Waals surface area (Å²) < 4.78 is 10.8. The number of methoxy groups -OCH3 is 1. The average molecular weight is 418 g/mol. The Hall–Kier alpha value is -4.00. The van der Waals surface area contributed by atoms with Gasteiger partial charge in [-0.3, -0.25) is 4.79 Å². The molecule has 0 saturated carbocycles. The van der Waals surface area contributed by atoms with Gasteiger partial charge in [-0.1, -0.05) is 12.1 Å². The number of fused-ring (bicyclic) bond motifs is 1. The van der Waals surface area contributed by atoms with Gasteiger partial charge >= 0.3 is 0 Å². The number of hydrogen-bond donors (Lipinski definition) is 2. The average Bonchev–Trinajstić information content (AvgIpc) is 2.77. The molecule has 2 aliphatic rings. The number of nitrogens with zero attached hydrogens (tertiary/aromatic N) is 4. The lowest BCUT2D eigenvalue weighted by Gasteiger charge is -2.45. The third-order valence-corrected chi connectivity index (χ3v) is 5.76. The molecule has 0 saturated heterocycles. The van der Waals surface area contributed by atoms with Crippen LogP contribution in [0.4, 0.5) is 0 Å². The Labute approximate surface area is 180 Å². The molecule has 4 N–H and O–H groups in total. The van der Waals surface area contributed by atoms with E-state index in [2.05, 4.69) is 23.1 Å². The van der Waals surface area contributed by atoms with Gasteiger partial charge in [-0.15, -0.1) is 0 Å². The van der Waals surface area contributed by atoms with Crippen molar-refractivity contribution in [1.82, 2.24) is 4.90 Å². The van der Waals surface area contributed by atoms with Crippen LogP contribution in [-0.4, -0.2) is 44.7 Å². The second-order valence-electron chi connectivity index (χ2n) is 7.56. The van der Waals surface area contributed by atoms with Gasteiger partial charge in [0.25, 0.3) is 5.91 Å². The first-order valence-electron chi connectivity index (χ1n) is 9.53. The summed E-state index contributed by atoms with van der Waals surface area (Å²) in [6, 6.07) is 11.3. The van der Waals surface area contributed by atoms with Gasteiger partial charge < -0.3 is 25.8 Å². The zero-order valence-electron chi connectivity index (χ0n) is 17.3. The van der Waals surface area contributed by atoms with E-state index >= 15 is 0 Å². The Morgan fingerprint density at radius 2 is 2.00 bits per heavy atom. The molecular formula is C22H22N6O3. The van der Waals surface area contributed by atoms with E-state index in [0.717, 1.165) is 5.57 Å². The number of likely N-dealkylation sites (N-methyl/N-ethyl adjacent to an activating group) is 1. The van der Waals surface area contributed by atoms with Crippen LogP contribution < -0.4 is 20.9 Å². The maximum Gasteiger partial charge on any atom is 0.255 e. The fourth-order valence-electron chi connectivity index (χ4n) is 4.35. The molecule has 158 valence electrons. The minimum absolute atomic E-state index is 0.0370. The maximum absolute atomic E-state index is 11.1. The molecule has 1 aromatic carbocycles. The fraction of sp³-hybridized carbons (Fsp3) is 0.364. The molecule has 0 spiro atoms. The number of nitriles is 3. The minimum Gasteiger partial charge on any atom is -0.493 e. The smallest absolute Gasteiger partial charge is 0.255 e. The zero-order chi connectivity index (χ0) is 22.8. The van der Waals surface area contributed by atoms with Crippen LogP contribution >= 0.6 is 0 Å². The molecule has 0 radical (unpaired) electrons. The van der Waals surface area contributed by atoms with Crippen molar-refractivity contribution in [3.8, 4) is 29.7 Å². The summed E-state index contributed by atoms with van der Waals surface area (Å²) in [6.07, 6.45) is 1.92. The van der Waals surface area contributed by atoms with Crippen LogP contribution in [0.3, 0.4) is 0 Å². The number of nitrogens with two attached hydrogens (primary N) is 2. The first kappa shape index (κ1) is 21.7. The summed E-state index contributed by atoms with van der Waals surface area (Å²) in [5.41, 5.74) is 11.3. The number of rotatable bonds is 5. The first-order chi connectivity index (χ1) is 14.8. The normalized spacial score (nSPS) is 22.2. The van der Waals surface area contributed by atoms with E-state index in [1.165, 1.54) is 7.11 Å². The lowest BCUT2D eigenvalue weighted by Crippen LogP contribution is -2.47. The first-order valence-corrected chi connectivity index (χ1v) is 9.53. The number of benzene rings is 1. The third kappa shape index (κ3) is 3.54. The SMILES string of the molecule is COc1cc(C2C3CN(C)CC=C3C(C#N)=C(N)C2(C#N)C#N)ccc1OCC(N)=O. The number of ether oxygens (including phenoxy) is 2. The van der Waals surface area contributed by atoms with Crippen LogP contribution in [0.15, 0.2) is 41.1 Å². The Morgan fingerprint density at radius 3 is 2.58 bits per heavy atom. The molecule has 9 heteroatoms. The summed E-state index contributed by atoms with van der Waals surface area (Å²) in [5.74, 6) is -0.951. The highest BCUT2D eigenvalue weighted by Gasteiger charge is 2.54. The number of hydrogen-bond acceptors (Lipinski definition) is 8. The molecule has 0 fully saturated rings. The van der Waals surface area contributed by atoms with Crippen molar-refractivity contribution in [3.05, 3.63) is 46.7 Å². The van der Waals surface area contributed by atoms with Crippen molar-refractivity contribution in [3.63, 3.8) is 0 Å². The molecule has 9 nitrogen and oxygen atoms in total. The molecule has 1 amide bonds. The predicted octanol–water partition coefficient (Wildman–Crippen LogP) is 0.914. The standard InChI is InChI=1S/C22H22N6O3/c1-28-6-5-14-15(8-23)21(27)22(11-24,12-25)20(16(14)9-28)13-3-4-17(18(7-13)30-2)31-10-19(26)29/h3-5,7,16,20H,6,9-10,27H2,1-2H3,(H2,26,29). The third-order valence-electron chi connectivity index (χ3n) is 5.76. The number of primary amides is 1. The Bertz CT molecular complexity index is 1090.